The zero-order valence-electron chi connectivity index (χ0n) is 8.54. The van der Waals surface area contributed by atoms with Crippen molar-refractivity contribution in [2.45, 2.75) is 38.8 Å². The molecule has 0 saturated carbocycles. The molecule has 0 aromatic carbocycles. The first-order valence-electron chi connectivity index (χ1n) is 5.11. The summed E-state index contributed by atoms with van der Waals surface area (Å²) in [6.07, 6.45) is 1.54. The largest absolute Gasteiger partial charge is 0.389 e. The Labute approximate surface area is 79.7 Å². The number of alkyl halides is 1. The molecule has 0 spiro atoms. The molecule has 0 amide bonds. The molecule has 1 N–H and O–H groups in total. The van der Waals surface area contributed by atoms with Crippen LogP contribution in [-0.2, 0) is 0 Å². The minimum absolute atomic E-state index is 0.490. The summed E-state index contributed by atoms with van der Waals surface area (Å²) >= 11 is 0. The molecule has 1 aliphatic heterocycles. The lowest BCUT2D eigenvalue weighted by molar-refractivity contribution is 0.0481. The SMILES string of the molecule is CC1CCN(CC(O)CF)C(C)C1. The quantitative estimate of drug-likeness (QED) is 0.726. The number of piperidine rings is 1. The van der Waals surface area contributed by atoms with Gasteiger partial charge in [0.1, 0.15) is 6.67 Å². The monoisotopic (exact) mass is 189 g/mol. The maximum Gasteiger partial charge on any atom is 0.117 e. The Morgan fingerprint density at radius 3 is 2.77 bits per heavy atom. The fraction of sp³-hybridized carbons (Fsp3) is 1.00. The molecule has 1 heterocycles. The van der Waals surface area contributed by atoms with Gasteiger partial charge in [-0.2, -0.15) is 0 Å². The van der Waals surface area contributed by atoms with Crippen molar-refractivity contribution in [1.82, 2.24) is 4.90 Å². The van der Waals surface area contributed by atoms with E-state index in [2.05, 4.69) is 18.7 Å². The average Bonchev–Trinajstić information content (AvgIpc) is 2.09. The molecule has 78 valence electrons. The van der Waals surface area contributed by atoms with Crippen LogP contribution in [0.3, 0.4) is 0 Å². The van der Waals surface area contributed by atoms with Gasteiger partial charge in [0.05, 0.1) is 6.10 Å². The summed E-state index contributed by atoms with van der Waals surface area (Å²) in [5, 5.41) is 9.18. The molecule has 13 heavy (non-hydrogen) atoms. The molecule has 2 nitrogen and oxygen atoms in total. The molecule has 3 atom stereocenters. The van der Waals surface area contributed by atoms with Gasteiger partial charge < -0.3 is 5.11 Å². The summed E-state index contributed by atoms with van der Waals surface area (Å²) in [5.41, 5.74) is 0. The second-order valence-corrected chi connectivity index (χ2v) is 4.28. The maximum atomic E-state index is 12.1. The Morgan fingerprint density at radius 2 is 2.23 bits per heavy atom. The highest BCUT2D eigenvalue weighted by atomic mass is 19.1. The number of β-amino-alcohol motifs (C(OH)–C–C–N with tert-alkyl or cyclic N) is 1. The summed E-state index contributed by atoms with van der Waals surface area (Å²) in [7, 11) is 0. The molecule has 1 saturated heterocycles. The zero-order chi connectivity index (χ0) is 9.84. The molecule has 0 aromatic rings. The van der Waals surface area contributed by atoms with E-state index >= 15 is 0 Å². The van der Waals surface area contributed by atoms with Crippen LogP contribution in [0.5, 0.6) is 0 Å². The zero-order valence-corrected chi connectivity index (χ0v) is 8.54. The number of aliphatic hydroxyl groups is 1. The molecule has 3 heteroatoms. The smallest absolute Gasteiger partial charge is 0.117 e. The van der Waals surface area contributed by atoms with Crippen LogP contribution in [0.1, 0.15) is 26.7 Å². The lowest BCUT2D eigenvalue weighted by Crippen LogP contribution is -2.44. The van der Waals surface area contributed by atoms with E-state index in [1.54, 1.807) is 0 Å². The third-order valence-corrected chi connectivity index (χ3v) is 2.90. The number of hydrogen-bond donors (Lipinski definition) is 1. The van der Waals surface area contributed by atoms with E-state index in [9.17, 15) is 9.50 Å². The molecule has 0 bridgehead atoms. The molecular formula is C10H20FNO. The Bertz CT molecular complexity index is 154. The van der Waals surface area contributed by atoms with Gasteiger partial charge in [0.2, 0.25) is 0 Å². The van der Waals surface area contributed by atoms with Crippen LogP contribution in [0.2, 0.25) is 0 Å². The van der Waals surface area contributed by atoms with E-state index in [0.717, 1.165) is 12.5 Å². The van der Waals surface area contributed by atoms with Gasteiger partial charge in [-0.05, 0) is 32.2 Å². The van der Waals surface area contributed by atoms with Crippen molar-refractivity contribution >= 4 is 0 Å². The average molecular weight is 189 g/mol. The third kappa shape index (κ3) is 3.24. The molecular weight excluding hydrogens is 169 g/mol. The lowest BCUT2D eigenvalue weighted by Gasteiger charge is -2.37. The van der Waals surface area contributed by atoms with E-state index in [0.29, 0.717) is 12.6 Å². The number of likely N-dealkylation sites (tertiary alicyclic amines) is 1. The van der Waals surface area contributed by atoms with Crippen LogP contribution in [0.4, 0.5) is 4.39 Å². The first-order chi connectivity index (χ1) is 6.13. The second kappa shape index (κ2) is 4.91. The van der Waals surface area contributed by atoms with Crippen molar-refractivity contribution in [1.29, 1.82) is 0 Å². The number of halogens is 1. The highest BCUT2D eigenvalue weighted by Crippen LogP contribution is 2.21. The molecule has 1 fully saturated rings. The van der Waals surface area contributed by atoms with Gasteiger partial charge >= 0.3 is 0 Å². The van der Waals surface area contributed by atoms with Crippen molar-refractivity contribution < 1.29 is 9.50 Å². The fourth-order valence-corrected chi connectivity index (χ4v) is 2.05. The van der Waals surface area contributed by atoms with Crippen LogP contribution in [0.15, 0.2) is 0 Å². The first kappa shape index (κ1) is 10.9. The molecule has 0 aromatic heterocycles. The Balaban J connectivity index is 2.33. The predicted octanol–water partition coefficient (Wildman–Crippen LogP) is 1.44. The van der Waals surface area contributed by atoms with Gasteiger partial charge in [-0.3, -0.25) is 4.90 Å². The topological polar surface area (TPSA) is 23.5 Å². The van der Waals surface area contributed by atoms with E-state index in [1.165, 1.54) is 12.8 Å². The van der Waals surface area contributed by atoms with Crippen molar-refractivity contribution in [3.63, 3.8) is 0 Å². The van der Waals surface area contributed by atoms with Gasteiger partial charge in [-0.15, -0.1) is 0 Å². The van der Waals surface area contributed by atoms with E-state index in [4.69, 9.17) is 0 Å². The molecule has 1 rings (SSSR count). The van der Waals surface area contributed by atoms with Gasteiger partial charge in [0.25, 0.3) is 0 Å². The fourth-order valence-electron chi connectivity index (χ4n) is 2.05. The van der Waals surface area contributed by atoms with Crippen LogP contribution >= 0.6 is 0 Å². The minimum Gasteiger partial charge on any atom is -0.389 e. The van der Waals surface area contributed by atoms with Gasteiger partial charge in [0.15, 0.2) is 0 Å². The summed E-state index contributed by atoms with van der Waals surface area (Å²) in [6.45, 7) is 5.27. The van der Waals surface area contributed by atoms with Crippen LogP contribution in [0.25, 0.3) is 0 Å². The van der Waals surface area contributed by atoms with Crippen LogP contribution in [0, 0.1) is 5.92 Å². The molecule has 1 aliphatic rings. The van der Waals surface area contributed by atoms with Crippen LogP contribution in [-0.4, -0.2) is 41.9 Å². The van der Waals surface area contributed by atoms with E-state index in [-0.39, 0.29) is 0 Å². The standard InChI is InChI=1S/C10H20FNO/c1-8-3-4-12(9(2)5-8)7-10(13)6-11/h8-10,13H,3-7H2,1-2H3. The normalized spacial score (nSPS) is 33.2. The second-order valence-electron chi connectivity index (χ2n) is 4.28. The van der Waals surface area contributed by atoms with Gasteiger partial charge in [0, 0.05) is 12.6 Å². The predicted molar refractivity (Wildman–Crippen MR) is 51.4 cm³/mol. The van der Waals surface area contributed by atoms with Gasteiger partial charge in [-0.25, -0.2) is 4.39 Å². The third-order valence-electron chi connectivity index (χ3n) is 2.90. The van der Waals surface area contributed by atoms with E-state index in [1.807, 2.05) is 0 Å². The van der Waals surface area contributed by atoms with Crippen molar-refractivity contribution in [2.24, 2.45) is 5.92 Å². The molecule has 0 radical (unpaired) electrons. The Hall–Kier alpha value is -0.150. The number of nitrogens with zero attached hydrogens (tertiary/aromatic N) is 1. The highest BCUT2D eigenvalue weighted by Gasteiger charge is 2.24. The summed E-state index contributed by atoms with van der Waals surface area (Å²) in [5.74, 6) is 0.772. The number of aliphatic hydroxyl groups excluding tert-OH is 1. The minimum atomic E-state index is -0.796. The van der Waals surface area contributed by atoms with Crippen molar-refractivity contribution in [3.8, 4) is 0 Å². The molecule has 0 aliphatic carbocycles. The van der Waals surface area contributed by atoms with Crippen molar-refractivity contribution in [3.05, 3.63) is 0 Å². The number of rotatable bonds is 3. The molecule has 3 unspecified atom stereocenters. The van der Waals surface area contributed by atoms with E-state index < -0.39 is 12.8 Å². The Morgan fingerprint density at radius 1 is 1.54 bits per heavy atom. The highest BCUT2D eigenvalue weighted by molar-refractivity contribution is 4.78. The first-order valence-corrected chi connectivity index (χ1v) is 5.11. The van der Waals surface area contributed by atoms with Crippen molar-refractivity contribution in [2.75, 3.05) is 19.8 Å². The maximum absolute atomic E-state index is 12.1. The summed E-state index contributed by atoms with van der Waals surface area (Å²) < 4.78 is 12.1. The summed E-state index contributed by atoms with van der Waals surface area (Å²) in [6, 6.07) is 0.491. The Kier molecular flexibility index (Phi) is 4.13. The lowest BCUT2D eigenvalue weighted by atomic mass is 9.93. The van der Waals surface area contributed by atoms with Gasteiger partial charge in [-0.1, -0.05) is 6.92 Å². The summed E-state index contributed by atoms with van der Waals surface area (Å²) in [4.78, 5) is 2.18. The van der Waals surface area contributed by atoms with Crippen LogP contribution < -0.4 is 0 Å². The number of hydrogen-bond acceptors (Lipinski definition) is 2.